The topological polar surface area (TPSA) is 62.7 Å². The molecular weight excluding hydrogens is 414 g/mol. The maximum absolute atomic E-state index is 13.7. The summed E-state index contributed by atoms with van der Waals surface area (Å²) in [6.07, 6.45) is 4.26. The summed E-state index contributed by atoms with van der Waals surface area (Å²) in [5.41, 5.74) is 3.48. The third-order valence-electron chi connectivity index (χ3n) is 5.82. The predicted molar refractivity (Wildman–Crippen MR) is 127 cm³/mol. The van der Waals surface area contributed by atoms with Gasteiger partial charge in [0.05, 0.1) is 19.2 Å². The third-order valence-corrected chi connectivity index (χ3v) is 5.82. The lowest BCUT2D eigenvalue weighted by Crippen LogP contribution is -2.35. The van der Waals surface area contributed by atoms with Crippen molar-refractivity contribution < 1.29 is 14.3 Å². The largest absolute Gasteiger partial charge is 0.496 e. The van der Waals surface area contributed by atoms with E-state index in [0.29, 0.717) is 35.7 Å². The number of rotatable bonds is 9. The lowest BCUT2D eigenvalue weighted by Gasteiger charge is -2.25. The molecule has 6 heteroatoms. The second-order valence-electron chi connectivity index (χ2n) is 7.79. The summed E-state index contributed by atoms with van der Waals surface area (Å²) in [4.78, 5) is 34.7. The number of imide groups is 1. The maximum Gasteiger partial charge on any atom is 0.278 e. The average Bonchev–Trinajstić information content (AvgIpc) is 3.10. The number of benzene rings is 2. The number of carbonyl (C=O) groups excluding carboxylic acids is 2. The second-order valence-corrected chi connectivity index (χ2v) is 7.79. The monoisotopic (exact) mass is 441 g/mol. The van der Waals surface area contributed by atoms with E-state index in [2.05, 4.69) is 4.98 Å². The van der Waals surface area contributed by atoms with Gasteiger partial charge in [-0.2, -0.15) is 0 Å². The van der Waals surface area contributed by atoms with Crippen molar-refractivity contribution in [1.29, 1.82) is 0 Å². The van der Waals surface area contributed by atoms with Gasteiger partial charge in [-0.05, 0) is 42.7 Å². The van der Waals surface area contributed by atoms with Crippen LogP contribution in [-0.4, -0.2) is 46.8 Å². The maximum atomic E-state index is 13.7. The number of amides is 2. The molecule has 0 atom stereocenters. The molecule has 6 nitrogen and oxygen atoms in total. The van der Waals surface area contributed by atoms with Crippen molar-refractivity contribution in [2.45, 2.75) is 19.9 Å². The Balaban J connectivity index is 1.74. The van der Waals surface area contributed by atoms with Crippen molar-refractivity contribution in [2.75, 3.05) is 20.2 Å². The molecule has 0 aliphatic carbocycles. The fourth-order valence-corrected chi connectivity index (χ4v) is 4.10. The van der Waals surface area contributed by atoms with Gasteiger partial charge in [0.1, 0.15) is 11.4 Å². The van der Waals surface area contributed by atoms with E-state index in [-0.39, 0.29) is 18.4 Å². The highest BCUT2D eigenvalue weighted by Crippen LogP contribution is 2.36. The first-order valence-electron chi connectivity index (χ1n) is 11.1. The van der Waals surface area contributed by atoms with Gasteiger partial charge in [0.15, 0.2) is 0 Å². The van der Waals surface area contributed by atoms with Gasteiger partial charge in [0.2, 0.25) is 0 Å². The Morgan fingerprint density at radius 3 is 2.27 bits per heavy atom. The van der Waals surface area contributed by atoms with Crippen molar-refractivity contribution in [1.82, 2.24) is 14.8 Å². The molecule has 33 heavy (non-hydrogen) atoms. The lowest BCUT2D eigenvalue weighted by molar-refractivity contribution is -0.138. The Kier molecular flexibility index (Phi) is 6.83. The zero-order valence-corrected chi connectivity index (χ0v) is 18.9. The predicted octanol–water partition coefficient (Wildman–Crippen LogP) is 3.93. The molecule has 0 fully saturated rings. The molecule has 3 aromatic rings. The van der Waals surface area contributed by atoms with Crippen molar-refractivity contribution >= 4 is 17.4 Å². The van der Waals surface area contributed by atoms with E-state index in [1.807, 2.05) is 78.6 Å². The number of likely N-dealkylation sites (N-methyl/N-ethyl adjacent to an activating group) is 1. The SMILES string of the molecule is CCN(CCc1ccncc1)C1=C(c2ccccc2OC)C(=O)N(Cc2ccccc2)C1=O. The van der Waals surface area contributed by atoms with Crippen LogP contribution in [0.1, 0.15) is 23.6 Å². The molecule has 2 heterocycles. The van der Waals surface area contributed by atoms with Crippen LogP contribution in [0.5, 0.6) is 5.75 Å². The lowest BCUT2D eigenvalue weighted by atomic mass is 10.0. The van der Waals surface area contributed by atoms with E-state index >= 15 is 0 Å². The Morgan fingerprint density at radius 1 is 0.879 bits per heavy atom. The molecule has 4 rings (SSSR count). The fourth-order valence-electron chi connectivity index (χ4n) is 4.10. The van der Waals surface area contributed by atoms with Crippen LogP contribution in [0.25, 0.3) is 5.57 Å². The molecular formula is C27H27N3O3. The molecule has 0 bridgehead atoms. The van der Waals surface area contributed by atoms with Gasteiger partial charge in [-0.1, -0.05) is 48.5 Å². The van der Waals surface area contributed by atoms with Gasteiger partial charge in [-0.15, -0.1) is 0 Å². The Morgan fingerprint density at radius 2 is 1.58 bits per heavy atom. The number of carbonyl (C=O) groups is 2. The molecule has 2 amide bonds. The van der Waals surface area contributed by atoms with E-state index in [0.717, 1.165) is 17.5 Å². The quantitative estimate of drug-likeness (QED) is 0.471. The highest BCUT2D eigenvalue weighted by molar-refractivity contribution is 6.35. The zero-order chi connectivity index (χ0) is 23.2. The summed E-state index contributed by atoms with van der Waals surface area (Å²) >= 11 is 0. The minimum absolute atomic E-state index is 0.225. The Labute approximate surface area is 194 Å². The van der Waals surface area contributed by atoms with Crippen LogP contribution in [0.3, 0.4) is 0 Å². The average molecular weight is 442 g/mol. The molecule has 1 aliphatic rings. The van der Waals surface area contributed by atoms with Gasteiger partial charge in [-0.3, -0.25) is 19.5 Å². The minimum Gasteiger partial charge on any atom is -0.496 e. The van der Waals surface area contributed by atoms with Gasteiger partial charge in [0.25, 0.3) is 11.8 Å². The van der Waals surface area contributed by atoms with Crippen molar-refractivity contribution in [3.8, 4) is 5.75 Å². The number of methoxy groups -OCH3 is 1. The van der Waals surface area contributed by atoms with Crippen molar-refractivity contribution in [3.05, 3.63) is 102 Å². The first kappa shape index (κ1) is 22.3. The molecule has 1 aromatic heterocycles. The van der Waals surface area contributed by atoms with Gasteiger partial charge < -0.3 is 9.64 Å². The molecule has 0 saturated heterocycles. The van der Waals surface area contributed by atoms with Crippen LogP contribution in [0.15, 0.2) is 84.8 Å². The van der Waals surface area contributed by atoms with Crippen LogP contribution in [0, 0.1) is 0 Å². The summed E-state index contributed by atoms with van der Waals surface area (Å²) in [5.74, 6) is -0.00931. The summed E-state index contributed by atoms with van der Waals surface area (Å²) in [7, 11) is 1.57. The van der Waals surface area contributed by atoms with Gasteiger partial charge in [-0.25, -0.2) is 0 Å². The van der Waals surface area contributed by atoms with E-state index in [1.165, 1.54) is 4.90 Å². The molecule has 0 N–H and O–H groups in total. The number of pyridine rings is 1. The smallest absolute Gasteiger partial charge is 0.278 e. The molecule has 1 aliphatic heterocycles. The third kappa shape index (κ3) is 4.65. The summed E-state index contributed by atoms with van der Waals surface area (Å²) < 4.78 is 5.54. The molecule has 168 valence electrons. The number of hydrogen-bond acceptors (Lipinski definition) is 5. The van der Waals surface area contributed by atoms with Gasteiger partial charge in [0, 0.05) is 31.0 Å². The molecule has 0 unspecified atom stereocenters. The first-order valence-corrected chi connectivity index (χ1v) is 11.1. The fraction of sp³-hybridized carbons (Fsp3) is 0.222. The van der Waals surface area contributed by atoms with Crippen LogP contribution in [0.2, 0.25) is 0 Å². The minimum atomic E-state index is -0.300. The summed E-state index contributed by atoms with van der Waals surface area (Å²) in [6, 6.07) is 20.8. The van der Waals surface area contributed by atoms with E-state index in [4.69, 9.17) is 4.74 Å². The van der Waals surface area contributed by atoms with Crippen LogP contribution in [0.4, 0.5) is 0 Å². The zero-order valence-electron chi connectivity index (χ0n) is 18.9. The Hall–Kier alpha value is -3.93. The van der Waals surface area contributed by atoms with Crippen LogP contribution in [-0.2, 0) is 22.6 Å². The molecule has 0 radical (unpaired) electrons. The normalized spacial score (nSPS) is 13.6. The van der Waals surface area contributed by atoms with Crippen LogP contribution >= 0.6 is 0 Å². The number of ether oxygens (including phenoxy) is 1. The summed E-state index contributed by atoms with van der Waals surface area (Å²) in [5, 5.41) is 0. The number of para-hydroxylation sites is 1. The number of hydrogen-bond donors (Lipinski definition) is 0. The van der Waals surface area contributed by atoms with Crippen LogP contribution < -0.4 is 4.74 Å². The second kappa shape index (κ2) is 10.1. The van der Waals surface area contributed by atoms with E-state index < -0.39 is 0 Å². The highest BCUT2D eigenvalue weighted by atomic mass is 16.5. The molecule has 0 spiro atoms. The standard InChI is InChI=1S/C27H27N3O3/c1-3-29(18-15-20-13-16-28-17-14-20)25-24(22-11-7-8-12-23(22)33-2)26(31)30(27(25)32)19-21-9-5-4-6-10-21/h4-14,16-17H,3,15,18-19H2,1-2H3. The number of aromatic nitrogens is 1. The Bertz CT molecular complexity index is 1160. The van der Waals surface area contributed by atoms with Gasteiger partial charge >= 0.3 is 0 Å². The van der Waals surface area contributed by atoms with E-state index in [9.17, 15) is 9.59 Å². The molecule has 2 aromatic carbocycles. The first-order chi connectivity index (χ1) is 16.1. The summed E-state index contributed by atoms with van der Waals surface area (Å²) in [6.45, 7) is 3.42. The van der Waals surface area contributed by atoms with Crippen molar-refractivity contribution in [3.63, 3.8) is 0 Å². The van der Waals surface area contributed by atoms with E-state index in [1.54, 1.807) is 19.5 Å². The highest BCUT2D eigenvalue weighted by Gasteiger charge is 2.42. The number of nitrogens with zero attached hydrogens (tertiary/aromatic N) is 3. The molecule has 0 saturated carbocycles. The van der Waals surface area contributed by atoms with Crippen molar-refractivity contribution in [2.24, 2.45) is 0 Å².